The zero-order chi connectivity index (χ0) is 18.5. The third kappa shape index (κ3) is 3.98. The Morgan fingerprint density at radius 3 is 2.58 bits per heavy atom. The third-order valence-corrected chi connectivity index (χ3v) is 4.66. The van der Waals surface area contributed by atoms with E-state index in [1.807, 2.05) is 55.6 Å². The van der Waals surface area contributed by atoms with Gasteiger partial charge in [0.2, 0.25) is 5.91 Å². The van der Waals surface area contributed by atoms with Crippen molar-refractivity contribution in [3.8, 4) is 11.5 Å². The molecule has 26 heavy (non-hydrogen) atoms. The van der Waals surface area contributed by atoms with Crippen LogP contribution in [0, 0.1) is 0 Å². The van der Waals surface area contributed by atoms with Gasteiger partial charge < -0.3 is 14.4 Å². The largest absolute Gasteiger partial charge is 0.497 e. The van der Waals surface area contributed by atoms with Crippen LogP contribution in [-0.4, -0.2) is 38.1 Å². The summed E-state index contributed by atoms with van der Waals surface area (Å²) in [6.07, 6.45) is 0.653. The van der Waals surface area contributed by atoms with Crippen LogP contribution in [0.1, 0.15) is 23.6 Å². The Labute approximate surface area is 154 Å². The number of hydrazine groups is 1. The number of nitrogens with zero attached hydrogens (tertiary/aromatic N) is 1. The first-order valence-electron chi connectivity index (χ1n) is 8.64. The SMILES string of the molecule is COc1ccc(C2CC(C(=O)N(C)Cc3ccccc3)NN2)c(OC)c1. The van der Waals surface area contributed by atoms with Crippen LogP contribution >= 0.6 is 0 Å². The van der Waals surface area contributed by atoms with Crippen molar-refractivity contribution in [2.75, 3.05) is 21.3 Å². The van der Waals surface area contributed by atoms with E-state index in [0.717, 1.165) is 22.6 Å². The van der Waals surface area contributed by atoms with Gasteiger partial charge in [0.25, 0.3) is 0 Å². The molecule has 2 atom stereocenters. The van der Waals surface area contributed by atoms with Gasteiger partial charge in [-0.3, -0.25) is 4.79 Å². The molecule has 0 aromatic heterocycles. The van der Waals surface area contributed by atoms with E-state index in [2.05, 4.69) is 10.9 Å². The number of hydrogen-bond donors (Lipinski definition) is 2. The number of likely N-dealkylation sites (N-methyl/N-ethyl adjacent to an activating group) is 1. The van der Waals surface area contributed by atoms with Crippen molar-refractivity contribution in [2.24, 2.45) is 0 Å². The van der Waals surface area contributed by atoms with Gasteiger partial charge >= 0.3 is 0 Å². The highest BCUT2D eigenvalue weighted by molar-refractivity contribution is 5.82. The average molecular weight is 355 g/mol. The lowest BCUT2D eigenvalue weighted by Gasteiger charge is -2.21. The lowest BCUT2D eigenvalue weighted by atomic mass is 10.00. The molecule has 0 spiro atoms. The van der Waals surface area contributed by atoms with Crippen LogP contribution < -0.4 is 20.3 Å². The molecule has 138 valence electrons. The minimum atomic E-state index is -0.277. The van der Waals surface area contributed by atoms with Crippen LogP contribution in [0.5, 0.6) is 11.5 Å². The van der Waals surface area contributed by atoms with E-state index >= 15 is 0 Å². The second-order valence-electron chi connectivity index (χ2n) is 6.42. The fourth-order valence-electron chi connectivity index (χ4n) is 3.23. The number of methoxy groups -OCH3 is 2. The molecular weight excluding hydrogens is 330 g/mol. The molecule has 1 amide bonds. The van der Waals surface area contributed by atoms with Crippen LogP contribution in [0.4, 0.5) is 0 Å². The van der Waals surface area contributed by atoms with Gasteiger partial charge in [-0.2, -0.15) is 0 Å². The Kier molecular flexibility index (Phi) is 5.75. The van der Waals surface area contributed by atoms with E-state index < -0.39 is 0 Å². The fraction of sp³-hybridized carbons (Fsp3) is 0.350. The number of nitrogens with one attached hydrogen (secondary N) is 2. The minimum absolute atomic E-state index is 0.00469. The lowest BCUT2D eigenvalue weighted by Crippen LogP contribution is -2.43. The minimum Gasteiger partial charge on any atom is -0.497 e. The topological polar surface area (TPSA) is 62.8 Å². The highest BCUT2D eigenvalue weighted by Gasteiger charge is 2.33. The summed E-state index contributed by atoms with van der Waals surface area (Å²) in [5.74, 6) is 1.55. The van der Waals surface area contributed by atoms with Crippen molar-refractivity contribution >= 4 is 5.91 Å². The molecule has 1 saturated heterocycles. The Morgan fingerprint density at radius 2 is 1.88 bits per heavy atom. The number of amides is 1. The molecule has 0 radical (unpaired) electrons. The van der Waals surface area contributed by atoms with Crippen molar-refractivity contribution in [1.82, 2.24) is 15.8 Å². The molecule has 0 saturated carbocycles. The van der Waals surface area contributed by atoms with Crippen molar-refractivity contribution in [3.63, 3.8) is 0 Å². The van der Waals surface area contributed by atoms with E-state index in [1.54, 1.807) is 19.1 Å². The molecule has 2 unspecified atom stereocenters. The first kappa shape index (κ1) is 18.2. The number of ether oxygens (including phenoxy) is 2. The summed E-state index contributed by atoms with van der Waals surface area (Å²) in [5, 5.41) is 0. The van der Waals surface area contributed by atoms with E-state index in [4.69, 9.17) is 9.47 Å². The third-order valence-electron chi connectivity index (χ3n) is 4.66. The molecule has 0 aliphatic carbocycles. The van der Waals surface area contributed by atoms with Crippen molar-refractivity contribution in [2.45, 2.75) is 25.0 Å². The quantitative estimate of drug-likeness (QED) is 0.832. The zero-order valence-corrected chi connectivity index (χ0v) is 15.4. The fourth-order valence-corrected chi connectivity index (χ4v) is 3.23. The summed E-state index contributed by atoms with van der Waals surface area (Å²) < 4.78 is 10.7. The molecule has 1 heterocycles. The summed E-state index contributed by atoms with van der Waals surface area (Å²) >= 11 is 0. The molecular formula is C20H25N3O3. The van der Waals surface area contributed by atoms with Crippen LogP contribution in [0.3, 0.4) is 0 Å². The summed E-state index contributed by atoms with van der Waals surface area (Å²) in [6, 6.07) is 15.4. The van der Waals surface area contributed by atoms with Gasteiger partial charge in [-0.05, 0) is 18.1 Å². The van der Waals surface area contributed by atoms with Crippen molar-refractivity contribution < 1.29 is 14.3 Å². The standard InChI is InChI=1S/C20H25N3O3/c1-23(13-14-7-5-4-6-8-14)20(24)18-12-17(21-22-18)16-10-9-15(25-2)11-19(16)26-3/h4-11,17-18,21-22H,12-13H2,1-3H3. The summed E-state index contributed by atoms with van der Waals surface area (Å²) in [5.41, 5.74) is 8.46. The summed E-state index contributed by atoms with van der Waals surface area (Å²) in [7, 11) is 5.09. The molecule has 6 heteroatoms. The molecule has 1 aliphatic rings. The number of rotatable bonds is 6. The van der Waals surface area contributed by atoms with Gasteiger partial charge in [0, 0.05) is 25.2 Å². The second-order valence-corrected chi connectivity index (χ2v) is 6.42. The van der Waals surface area contributed by atoms with E-state index in [1.165, 1.54) is 0 Å². The normalized spacial score (nSPS) is 19.2. The molecule has 0 bridgehead atoms. The maximum Gasteiger partial charge on any atom is 0.241 e. The number of benzene rings is 2. The molecule has 1 aliphatic heterocycles. The Morgan fingerprint density at radius 1 is 1.12 bits per heavy atom. The first-order chi connectivity index (χ1) is 12.6. The lowest BCUT2D eigenvalue weighted by molar-refractivity contribution is -0.132. The number of hydrogen-bond acceptors (Lipinski definition) is 5. The molecule has 3 rings (SSSR count). The molecule has 2 aromatic carbocycles. The van der Waals surface area contributed by atoms with E-state index in [-0.39, 0.29) is 18.0 Å². The highest BCUT2D eigenvalue weighted by Crippen LogP contribution is 2.33. The highest BCUT2D eigenvalue weighted by atomic mass is 16.5. The first-order valence-corrected chi connectivity index (χ1v) is 8.64. The maximum absolute atomic E-state index is 12.8. The molecule has 2 aromatic rings. The Hall–Kier alpha value is -2.57. The zero-order valence-electron chi connectivity index (χ0n) is 15.4. The van der Waals surface area contributed by atoms with E-state index in [9.17, 15) is 4.79 Å². The van der Waals surface area contributed by atoms with Crippen LogP contribution in [0.2, 0.25) is 0 Å². The van der Waals surface area contributed by atoms with Gasteiger partial charge in [0.15, 0.2) is 0 Å². The average Bonchev–Trinajstić information content (AvgIpc) is 3.17. The monoisotopic (exact) mass is 355 g/mol. The summed E-state index contributed by atoms with van der Waals surface area (Å²) in [4.78, 5) is 14.5. The Bertz CT molecular complexity index is 751. The maximum atomic E-state index is 12.8. The second kappa shape index (κ2) is 8.21. The van der Waals surface area contributed by atoms with Gasteiger partial charge in [-0.15, -0.1) is 0 Å². The smallest absolute Gasteiger partial charge is 0.241 e. The van der Waals surface area contributed by atoms with Gasteiger partial charge in [0.1, 0.15) is 17.5 Å². The molecule has 2 N–H and O–H groups in total. The van der Waals surface area contributed by atoms with Crippen LogP contribution in [0.25, 0.3) is 0 Å². The van der Waals surface area contributed by atoms with Crippen molar-refractivity contribution in [3.05, 3.63) is 59.7 Å². The van der Waals surface area contributed by atoms with Crippen LogP contribution in [0.15, 0.2) is 48.5 Å². The summed E-state index contributed by atoms with van der Waals surface area (Å²) in [6.45, 7) is 0.592. The van der Waals surface area contributed by atoms with Crippen LogP contribution in [-0.2, 0) is 11.3 Å². The number of carbonyl (C=O) groups is 1. The van der Waals surface area contributed by atoms with Gasteiger partial charge in [-0.1, -0.05) is 36.4 Å². The predicted octanol–water partition coefficient (Wildman–Crippen LogP) is 2.27. The van der Waals surface area contributed by atoms with Gasteiger partial charge in [-0.25, -0.2) is 10.9 Å². The van der Waals surface area contributed by atoms with Crippen molar-refractivity contribution in [1.29, 1.82) is 0 Å². The van der Waals surface area contributed by atoms with Gasteiger partial charge in [0.05, 0.1) is 20.3 Å². The van der Waals surface area contributed by atoms with E-state index in [0.29, 0.717) is 13.0 Å². The molecule has 1 fully saturated rings. The number of carbonyl (C=O) groups excluding carboxylic acids is 1. The predicted molar refractivity (Wildman–Crippen MR) is 99.9 cm³/mol. The Balaban J connectivity index is 1.65. The molecule has 6 nitrogen and oxygen atoms in total.